The van der Waals surface area contributed by atoms with Crippen LogP contribution in [0.2, 0.25) is 10.0 Å². The zero-order valence-electron chi connectivity index (χ0n) is 10.8. The van der Waals surface area contributed by atoms with Gasteiger partial charge >= 0.3 is 0 Å². The van der Waals surface area contributed by atoms with Gasteiger partial charge < -0.3 is 10.5 Å². The molecular weight excluding hydrogens is 313 g/mol. The molecule has 0 unspecified atom stereocenters. The first-order valence-electron chi connectivity index (χ1n) is 6.21. The van der Waals surface area contributed by atoms with E-state index in [2.05, 4.69) is 0 Å². The number of hydrogen-bond donors (Lipinski definition) is 1. The third-order valence-corrected chi connectivity index (χ3v) is 4.38. The van der Waals surface area contributed by atoms with Gasteiger partial charge in [-0.25, -0.2) is 0 Å². The molecule has 0 radical (unpaired) electrons. The zero-order chi connectivity index (χ0) is 14.4. The summed E-state index contributed by atoms with van der Waals surface area (Å²) in [4.78, 5) is 1.00. The molecule has 0 aliphatic carbocycles. The van der Waals surface area contributed by atoms with Crippen LogP contribution in [0.1, 0.15) is 6.42 Å². The lowest BCUT2D eigenvalue weighted by Crippen LogP contribution is -1.99. The predicted octanol–water partition coefficient (Wildman–Crippen LogP) is 5.14. The highest BCUT2D eigenvalue weighted by Gasteiger charge is 2.02. The Morgan fingerprint density at radius 1 is 1.10 bits per heavy atom. The second-order valence-electron chi connectivity index (χ2n) is 4.20. The van der Waals surface area contributed by atoms with Crippen molar-refractivity contribution >= 4 is 40.7 Å². The number of ether oxygens (including phenoxy) is 1. The highest BCUT2D eigenvalue weighted by molar-refractivity contribution is 7.99. The maximum atomic E-state index is 6.10. The van der Waals surface area contributed by atoms with E-state index in [-0.39, 0.29) is 0 Å². The molecule has 0 saturated heterocycles. The standard InChI is InChI=1S/C15H15Cl2NOS/c16-11-5-6-14(17)15(9-11)20-8-2-7-19-13-4-1-3-12(18)10-13/h1,3-6,9-10H,2,7-8,18H2. The van der Waals surface area contributed by atoms with Crippen LogP contribution in [-0.4, -0.2) is 12.4 Å². The Balaban J connectivity index is 1.73. The molecule has 5 heteroatoms. The largest absolute Gasteiger partial charge is 0.493 e. The van der Waals surface area contributed by atoms with Gasteiger partial charge in [0.1, 0.15) is 5.75 Å². The average molecular weight is 328 g/mol. The van der Waals surface area contributed by atoms with Crippen LogP contribution in [0.15, 0.2) is 47.4 Å². The van der Waals surface area contributed by atoms with Crippen molar-refractivity contribution in [2.75, 3.05) is 18.1 Å². The lowest BCUT2D eigenvalue weighted by Gasteiger charge is -2.07. The highest BCUT2D eigenvalue weighted by Crippen LogP contribution is 2.30. The summed E-state index contributed by atoms with van der Waals surface area (Å²) in [5, 5.41) is 1.43. The topological polar surface area (TPSA) is 35.2 Å². The van der Waals surface area contributed by atoms with E-state index in [1.165, 1.54) is 0 Å². The van der Waals surface area contributed by atoms with Gasteiger partial charge in [0.25, 0.3) is 0 Å². The summed E-state index contributed by atoms with van der Waals surface area (Å²) in [6.07, 6.45) is 0.919. The SMILES string of the molecule is Nc1cccc(OCCCSc2cc(Cl)ccc2Cl)c1. The first-order chi connectivity index (χ1) is 9.65. The Kier molecular flexibility index (Phi) is 5.89. The molecule has 0 fully saturated rings. The molecule has 0 aliphatic heterocycles. The van der Waals surface area contributed by atoms with E-state index in [4.69, 9.17) is 33.7 Å². The Bertz CT molecular complexity index is 578. The van der Waals surface area contributed by atoms with Crippen LogP contribution in [0.25, 0.3) is 0 Å². The first-order valence-corrected chi connectivity index (χ1v) is 7.95. The number of anilines is 1. The summed E-state index contributed by atoms with van der Waals surface area (Å²) in [6, 6.07) is 12.9. The van der Waals surface area contributed by atoms with E-state index in [1.807, 2.05) is 36.4 Å². The summed E-state index contributed by atoms with van der Waals surface area (Å²) in [5.41, 5.74) is 6.40. The van der Waals surface area contributed by atoms with Gasteiger partial charge in [-0.1, -0.05) is 29.3 Å². The molecule has 0 amide bonds. The Morgan fingerprint density at radius 2 is 1.95 bits per heavy atom. The monoisotopic (exact) mass is 327 g/mol. The molecule has 0 aromatic heterocycles. The van der Waals surface area contributed by atoms with Gasteiger partial charge in [0, 0.05) is 27.4 Å². The van der Waals surface area contributed by atoms with Crippen molar-refractivity contribution in [3.63, 3.8) is 0 Å². The number of benzene rings is 2. The van der Waals surface area contributed by atoms with Crippen molar-refractivity contribution < 1.29 is 4.74 Å². The minimum atomic E-state index is 0.647. The van der Waals surface area contributed by atoms with Crippen molar-refractivity contribution in [3.8, 4) is 5.75 Å². The van der Waals surface area contributed by atoms with Gasteiger partial charge in [-0.15, -0.1) is 11.8 Å². The van der Waals surface area contributed by atoms with Crippen molar-refractivity contribution in [3.05, 3.63) is 52.5 Å². The highest BCUT2D eigenvalue weighted by atomic mass is 35.5. The van der Waals surface area contributed by atoms with Crippen LogP contribution >= 0.6 is 35.0 Å². The van der Waals surface area contributed by atoms with Gasteiger partial charge in [-0.3, -0.25) is 0 Å². The molecule has 0 saturated carbocycles. The van der Waals surface area contributed by atoms with Crippen molar-refractivity contribution in [2.45, 2.75) is 11.3 Å². The molecule has 2 nitrogen and oxygen atoms in total. The van der Waals surface area contributed by atoms with Crippen LogP contribution in [0.4, 0.5) is 5.69 Å². The lowest BCUT2D eigenvalue weighted by atomic mass is 10.3. The molecule has 0 spiro atoms. The number of hydrogen-bond acceptors (Lipinski definition) is 3. The van der Waals surface area contributed by atoms with Crippen molar-refractivity contribution in [1.82, 2.24) is 0 Å². The average Bonchev–Trinajstić information content (AvgIpc) is 2.42. The Labute approximate surface area is 133 Å². The second kappa shape index (κ2) is 7.67. The first kappa shape index (κ1) is 15.4. The minimum absolute atomic E-state index is 0.647. The molecule has 0 heterocycles. The van der Waals surface area contributed by atoms with E-state index in [0.717, 1.165) is 27.8 Å². The van der Waals surface area contributed by atoms with E-state index in [0.29, 0.717) is 17.3 Å². The fourth-order valence-electron chi connectivity index (χ4n) is 1.62. The van der Waals surface area contributed by atoms with E-state index in [9.17, 15) is 0 Å². The third-order valence-electron chi connectivity index (χ3n) is 2.57. The van der Waals surface area contributed by atoms with Crippen LogP contribution in [0.5, 0.6) is 5.75 Å². The smallest absolute Gasteiger partial charge is 0.121 e. The molecule has 106 valence electrons. The molecule has 2 aromatic rings. The summed E-state index contributed by atoms with van der Waals surface area (Å²) in [5.74, 6) is 1.72. The van der Waals surface area contributed by atoms with Crippen LogP contribution in [0.3, 0.4) is 0 Å². The summed E-state index contributed by atoms with van der Waals surface area (Å²) in [6.45, 7) is 0.647. The van der Waals surface area contributed by atoms with Gasteiger partial charge in [-0.2, -0.15) is 0 Å². The van der Waals surface area contributed by atoms with Gasteiger partial charge in [-0.05, 0) is 36.8 Å². The molecule has 2 N–H and O–H groups in total. The number of rotatable bonds is 6. The molecular formula is C15H15Cl2NOS. The molecule has 2 aromatic carbocycles. The minimum Gasteiger partial charge on any atom is -0.493 e. The normalized spacial score (nSPS) is 10.5. The Morgan fingerprint density at radius 3 is 2.75 bits per heavy atom. The summed E-state index contributed by atoms with van der Waals surface area (Å²) < 4.78 is 5.63. The molecule has 0 aliphatic rings. The maximum Gasteiger partial charge on any atom is 0.121 e. The third kappa shape index (κ3) is 4.82. The summed E-state index contributed by atoms with van der Waals surface area (Å²) in [7, 11) is 0. The van der Waals surface area contributed by atoms with Gasteiger partial charge in [0.2, 0.25) is 0 Å². The van der Waals surface area contributed by atoms with Crippen molar-refractivity contribution in [2.24, 2.45) is 0 Å². The van der Waals surface area contributed by atoms with Gasteiger partial charge in [0.05, 0.1) is 11.6 Å². The number of nitrogens with two attached hydrogens (primary N) is 1. The van der Waals surface area contributed by atoms with Gasteiger partial charge in [0.15, 0.2) is 0 Å². The number of halogens is 2. The quantitative estimate of drug-likeness (QED) is 0.453. The van der Waals surface area contributed by atoms with E-state index < -0.39 is 0 Å². The number of thioether (sulfide) groups is 1. The molecule has 20 heavy (non-hydrogen) atoms. The lowest BCUT2D eigenvalue weighted by molar-refractivity contribution is 0.319. The summed E-state index contributed by atoms with van der Waals surface area (Å²) >= 11 is 13.7. The van der Waals surface area contributed by atoms with Crippen LogP contribution in [-0.2, 0) is 0 Å². The molecule has 0 atom stereocenters. The van der Waals surface area contributed by atoms with Crippen LogP contribution < -0.4 is 10.5 Å². The maximum absolute atomic E-state index is 6.10. The fraction of sp³-hybridized carbons (Fsp3) is 0.200. The Hall–Kier alpha value is -1.03. The van der Waals surface area contributed by atoms with Crippen LogP contribution in [0, 0.1) is 0 Å². The molecule has 2 rings (SSSR count). The van der Waals surface area contributed by atoms with Crippen molar-refractivity contribution in [1.29, 1.82) is 0 Å². The second-order valence-corrected chi connectivity index (χ2v) is 6.18. The predicted molar refractivity (Wildman–Crippen MR) is 88.2 cm³/mol. The number of nitrogen functional groups attached to an aromatic ring is 1. The zero-order valence-corrected chi connectivity index (χ0v) is 13.1. The van der Waals surface area contributed by atoms with E-state index >= 15 is 0 Å². The van der Waals surface area contributed by atoms with E-state index in [1.54, 1.807) is 17.8 Å². The molecule has 0 bridgehead atoms. The fourth-order valence-corrected chi connectivity index (χ4v) is 3.04.